The topological polar surface area (TPSA) is 90.5 Å². The van der Waals surface area contributed by atoms with Gasteiger partial charge in [0.25, 0.3) is 0 Å². The van der Waals surface area contributed by atoms with Crippen molar-refractivity contribution in [2.45, 2.75) is 22.7 Å². The smallest absolute Gasteiger partial charge is 0.243 e. The van der Waals surface area contributed by atoms with Crippen molar-refractivity contribution in [1.82, 2.24) is 19.1 Å². The van der Waals surface area contributed by atoms with Gasteiger partial charge in [-0.1, -0.05) is 23.9 Å². The van der Waals surface area contributed by atoms with Crippen LogP contribution in [0.25, 0.3) is 11.4 Å². The Kier molecular flexibility index (Phi) is 5.77. The van der Waals surface area contributed by atoms with Gasteiger partial charge in [-0.05, 0) is 30.7 Å². The van der Waals surface area contributed by atoms with E-state index in [1.54, 1.807) is 24.5 Å². The number of benzene rings is 1. The van der Waals surface area contributed by atoms with Crippen LogP contribution in [0.3, 0.4) is 0 Å². The molecule has 1 fully saturated rings. The Balaban J connectivity index is 1.49. The van der Waals surface area contributed by atoms with E-state index in [2.05, 4.69) is 10.2 Å². The van der Waals surface area contributed by atoms with E-state index in [0.29, 0.717) is 37.0 Å². The van der Waals surface area contributed by atoms with E-state index < -0.39 is 10.0 Å². The number of aromatic nitrogens is 3. The second-order valence-corrected chi connectivity index (χ2v) is 9.59. The van der Waals surface area contributed by atoms with Crippen molar-refractivity contribution in [2.75, 3.05) is 26.3 Å². The largest absolute Gasteiger partial charge is 0.469 e. The maximum absolute atomic E-state index is 12.9. The van der Waals surface area contributed by atoms with E-state index in [4.69, 9.17) is 9.15 Å². The van der Waals surface area contributed by atoms with E-state index in [1.165, 1.54) is 16.1 Å². The van der Waals surface area contributed by atoms with Crippen LogP contribution < -0.4 is 0 Å². The molecule has 0 unspecified atom stereocenters. The number of ether oxygens (including phenoxy) is 1. The summed E-state index contributed by atoms with van der Waals surface area (Å²) in [6.07, 6.45) is 1.63. The molecular formula is C19H22N4O4S2. The predicted octanol–water partition coefficient (Wildman–Crippen LogP) is 2.70. The molecule has 1 saturated heterocycles. The van der Waals surface area contributed by atoms with Crippen LogP contribution in [0.2, 0.25) is 0 Å². The van der Waals surface area contributed by atoms with Gasteiger partial charge in [-0.2, -0.15) is 4.31 Å². The van der Waals surface area contributed by atoms with Crippen LogP contribution in [0.4, 0.5) is 0 Å². The minimum Gasteiger partial charge on any atom is -0.469 e. The number of sulfonamides is 1. The van der Waals surface area contributed by atoms with Crippen molar-refractivity contribution in [2.24, 2.45) is 7.05 Å². The Morgan fingerprint density at radius 2 is 1.97 bits per heavy atom. The molecule has 0 aliphatic carbocycles. The second kappa shape index (κ2) is 8.31. The lowest BCUT2D eigenvalue weighted by Gasteiger charge is -2.26. The summed E-state index contributed by atoms with van der Waals surface area (Å²) in [5.41, 5.74) is 1.82. The SMILES string of the molecule is Cc1occc1-c1nnc(SCc2cccc(S(=O)(=O)N3CCOCC3)c2)n1C. The molecule has 1 aliphatic heterocycles. The zero-order valence-corrected chi connectivity index (χ0v) is 17.9. The van der Waals surface area contributed by atoms with Gasteiger partial charge in [0.05, 0.1) is 29.9 Å². The Hall–Kier alpha value is -2.14. The lowest BCUT2D eigenvalue weighted by molar-refractivity contribution is 0.0730. The van der Waals surface area contributed by atoms with Crippen molar-refractivity contribution in [3.05, 3.63) is 47.9 Å². The van der Waals surface area contributed by atoms with E-state index in [1.807, 2.05) is 30.7 Å². The van der Waals surface area contributed by atoms with Gasteiger partial charge >= 0.3 is 0 Å². The lowest BCUT2D eigenvalue weighted by Crippen LogP contribution is -2.40. The zero-order chi connectivity index (χ0) is 20.4. The predicted molar refractivity (Wildman–Crippen MR) is 109 cm³/mol. The summed E-state index contributed by atoms with van der Waals surface area (Å²) in [4.78, 5) is 0.310. The third kappa shape index (κ3) is 4.11. The number of aryl methyl sites for hydroxylation is 1. The average molecular weight is 435 g/mol. The van der Waals surface area contributed by atoms with E-state index in [0.717, 1.165) is 27.9 Å². The quantitative estimate of drug-likeness (QED) is 0.551. The summed E-state index contributed by atoms with van der Waals surface area (Å²) in [6, 6.07) is 8.94. The normalized spacial score (nSPS) is 15.7. The van der Waals surface area contributed by atoms with Crippen LogP contribution >= 0.6 is 11.8 Å². The molecule has 0 radical (unpaired) electrons. The molecule has 3 heterocycles. The molecule has 10 heteroatoms. The summed E-state index contributed by atoms with van der Waals surface area (Å²) in [5, 5.41) is 9.29. The van der Waals surface area contributed by atoms with Crippen molar-refractivity contribution >= 4 is 21.8 Å². The first kappa shape index (κ1) is 20.1. The third-order valence-electron chi connectivity index (χ3n) is 4.81. The zero-order valence-electron chi connectivity index (χ0n) is 16.2. The van der Waals surface area contributed by atoms with Crippen molar-refractivity contribution in [3.8, 4) is 11.4 Å². The highest BCUT2D eigenvalue weighted by atomic mass is 32.2. The lowest BCUT2D eigenvalue weighted by atomic mass is 10.2. The second-order valence-electron chi connectivity index (χ2n) is 6.71. The van der Waals surface area contributed by atoms with E-state index in [-0.39, 0.29) is 0 Å². The molecule has 0 saturated carbocycles. The van der Waals surface area contributed by atoms with Crippen LogP contribution in [0, 0.1) is 6.92 Å². The fourth-order valence-corrected chi connectivity index (χ4v) is 5.50. The van der Waals surface area contributed by atoms with Gasteiger partial charge in [0, 0.05) is 25.9 Å². The first-order chi connectivity index (χ1) is 14.0. The van der Waals surface area contributed by atoms with E-state index >= 15 is 0 Å². The number of furan rings is 1. The molecule has 8 nitrogen and oxygen atoms in total. The Labute approximate surface area is 173 Å². The van der Waals surface area contributed by atoms with Crippen LogP contribution in [0.1, 0.15) is 11.3 Å². The number of thioether (sulfide) groups is 1. The first-order valence-electron chi connectivity index (χ1n) is 9.20. The van der Waals surface area contributed by atoms with Gasteiger partial charge in [0.15, 0.2) is 11.0 Å². The van der Waals surface area contributed by atoms with Crippen LogP contribution in [0.5, 0.6) is 0 Å². The van der Waals surface area contributed by atoms with Gasteiger partial charge in [0.2, 0.25) is 10.0 Å². The van der Waals surface area contributed by atoms with Crippen molar-refractivity contribution in [1.29, 1.82) is 0 Å². The minimum absolute atomic E-state index is 0.310. The average Bonchev–Trinajstić information content (AvgIpc) is 3.32. The van der Waals surface area contributed by atoms with Crippen LogP contribution in [0.15, 0.2) is 51.1 Å². The summed E-state index contributed by atoms with van der Waals surface area (Å²) in [7, 11) is -1.60. The minimum atomic E-state index is -3.51. The Morgan fingerprint density at radius 3 is 2.69 bits per heavy atom. The van der Waals surface area contributed by atoms with Crippen molar-refractivity contribution in [3.63, 3.8) is 0 Å². The molecule has 3 aromatic rings. The maximum Gasteiger partial charge on any atom is 0.243 e. The van der Waals surface area contributed by atoms with Gasteiger partial charge < -0.3 is 13.7 Å². The molecule has 4 rings (SSSR count). The third-order valence-corrected chi connectivity index (χ3v) is 7.79. The molecule has 0 spiro atoms. The highest BCUT2D eigenvalue weighted by Gasteiger charge is 2.26. The molecule has 154 valence electrons. The Bertz CT molecular complexity index is 1100. The molecule has 1 aromatic carbocycles. The number of hydrogen-bond donors (Lipinski definition) is 0. The first-order valence-corrected chi connectivity index (χ1v) is 11.6. The molecule has 0 N–H and O–H groups in total. The summed E-state index contributed by atoms with van der Waals surface area (Å²) in [6.45, 7) is 3.52. The van der Waals surface area contributed by atoms with Crippen LogP contribution in [-0.4, -0.2) is 53.8 Å². The van der Waals surface area contributed by atoms with Crippen LogP contribution in [-0.2, 0) is 27.6 Å². The fraction of sp³-hybridized carbons (Fsp3) is 0.368. The summed E-state index contributed by atoms with van der Waals surface area (Å²) < 4.78 is 39.7. The summed E-state index contributed by atoms with van der Waals surface area (Å²) >= 11 is 1.51. The fourth-order valence-electron chi connectivity index (χ4n) is 3.17. The molecule has 29 heavy (non-hydrogen) atoms. The highest BCUT2D eigenvalue weighted by molar-refractivity contribution is 7.98. The van der Waals surface area contributed by atoms with Gasteiger partial charge in [-0.25, -0.2) is 8.42 Å². The molecule has 0 bridgehead atoms. The number of nitrogens with zero attached hydrogens (tertiary/aromatic N) is 4. The van der Waals surface area contributed by atoms with Gasteiger partial charge in [0.1, 0.15) is 5.76 Å². The monoisotopic (exact) mass is 434 g/mol. The highest BCUT2D eigenvalue weighted by Crippen LogP contribution is 2.28. The molecule has 0 amide bonds. The van der Waals surface area contributed by atoms with E-state index in [9.17, 15) is 8.42 Å². The number of morpholine rings is 1. The maximum atomic E-state index is 12.9. The van der Waals surface area contributed by atoms with Crippen molar-refractivity contribution < 1.29 is 17.6 Å². The number of rotatable bonds is 6. The van der Waals surface area contributed by atoms with Gasteiger partial charge in [-0.3, -0.25) is 0 Å². The number of hydrogen-bond acceptors (Lipinski definition) is 7. The molecule has 0 atom stereocenters. The molecular weight excluding hydrogens is 412 g/mol. The standard InChI is InChI=1S/C19H22N4O4S2/c1-14-17(6-9-27-14)18-20-21-19(22(18)2)28-13-15-4-3-5-16(12-15)29(24,25)23-7-10-26-11-8-23/h3-6,9,12H,7-8,10-11,13H2,1-2H3. The molecule has 2 aromatic heterocycles. The molecule has 1 aliphatic rings. The van der Waals surface area contributed by atoms with Gasteiger partial charge in [-0.15, -0.1) is 10.2 Å². The Morgan fingerprint density at radius 1 is 1.17 bits per heavy atom. The summed E-state index contributed by atoms with van der Waals surface area (Å²) in [5.74, 6) is 2.11.